The van der Waals surface area contributed by atoms with Crippen molar-refractivity contribution in [3.05, 3.63) is 152 Å². The van der Waals surface area contributed by atoms with Crippen LogP contribution in [0.3, 0.4) is 0 Å². The van der Waals surface area contributed by atoms with Gasteiger partial charge < -0.3 is 9.88 Å². The Kier molecular flexibility index (Phi) is 5.45. The van der Waals surface area contributed by atoms with E-state index in [1.54, 1.807) is 0 Å². The topological polar surface area (TPSA) is 19.0 Å². The van der Waals surface area contributed by atoms with Gasteiger partial charge in [0, 0.05) is 58.8 Å². The molecule has 0 aliphatic heterocycles. The summed E-state index contributed by atoms with van der Waals surface area (Å²) in [4.78, 5) is 6.35. The number of benzene rings is 8. The number of hydrogen-bond acceptors (Lipinski definition) is 3. The predicted molar refractivity (Wildman–Crippen MR) is 210 cm³/mol. The molecule has 0 fully saturated rings. The third kappa shape index (κ3) is 3.73. The van der Waals surface area contributed by atoms with Gasteiger partial charge in [-0.25, -0.2) is 0 Å². The number of hydrogen-bond donors (Lipinski definition) is 1. The van der Waals surface area contributed by atoms with Gasteiger partial charge in [0.1, 0.15) is 0 Å². The van der Waals surface area contributed by atoms with E-state index in [2.05, 4.69) is 162 Å². The SMILES string of the molecule is c1ccc(-c2ccc(N(c3ccccc3)c3ccc4c(c3)sc3c4cc4ccc5cc6c7ccccc7sc6c6[nH]c3c4c56)cc2)cc1. The van der Waals surface area contributed by atoms with E-state index in [0.29, 0.717) is 0 Å². The molecule has 8 aromatic carbocycles. The molecule has 224 valence electrons. The highest BCUT2D eigenvalue weighted by molar-refractivity contribution is 7.27. The zero-order valence-electron chi connectivity index (χ0n) is 25.7. The van der Waals surface area contributed by atoms with Crippen LogP contribution in [0.4, 0.5) is 17.1 Å². The Balaban J connectivity index is 1.12. The van der Waals surface area contributed by atoms with Gasteiger partial charge in [0.15, 0.2) is 0 Å². The van der Waals surface area contributed by atoms with Crippen molar-refractivity contribution >= 4 is 113 Å². The first-order chi connectivity index (χ1) is 23.8. The smallest absolute Gasteiger partial charge is 0.0653 e. The van der Waals surface area contributed by atoms with Gasteiger partial charge in [-0.05, 0) is 76.5 Å². The first-order valence-electron chi connectivity index (χ1n) is 16.3. The highest BCUT2D eigenvalue weighted by Crippen LogP contribution is 2.49. The van der Waals surface area contributed by atoms with Gasteiger partial charge >= 0.3 is 0 Å². The van der Waals surface area contributed by atoms with E-state index in [9.17, 15) is 0 Å². The number of nitrogens with zero attached hydrogens (tertiary/aromatic N) is 1. The van der Waals surface area contributed by atoms with Gasteiger partial charge in [0.2, 0.25) is 0 Å². The maximum atomic E-state index is 3.99. The largest absolute Gasteiger partial charge is 0.352 e. The number of nitrogens with one attached hydrogen (secondary N) is 1. The number of para-hydroxylation sites is 1. The Morgan fingerprint density at radius 3 is 1.65 bits per heavy atom. The molecule has 48 heavy (non-hydrogen) atoms. The van der Waals surface area contributed by atoms with Crippen molar-refractivity contribution in [1.82, 2.24) is 4.98 Å². The van der Waals surface area contributed by atoms with Crippen molar-refractivity contribution in [1.29, 1.82) is 0 Å². The fourth-order valence-corrected chi connectivity index (χ4v) is 10.2. The molecule has 0 radical (unpaired) electrons. The Labute approximate surface area is 284 Å². The van der Waals surface area contributed by atoms with Crippen molar-refractivity contribution in [2.75, 3.05) is 4.90 Å². The predicted octanol–water partition coefficient (Wildman–Crippen LogP) is 13.8. The summed E-state index contributed by atoms with van der Waals surface area (Å²) in [7, 11) is 0. The Bertz CT molecular complexity index is 2990. The van der Waals surface area contributed by atoms with Crippen LogP contribution in [0.5, 0.6) is 0 Å². The zero-order chi connectivity index (χ0) is 31.3. The van der Waals surface area contributed by atoms with Gasteiger partial charge in [-0.15, -0.1) is 22.7 Å². The number of aromatic nitrogens is 1. The molecule has 4 heteroatoms. The van der Waals surface area contributed by atoms with E-state index in [0.717, 1.165) is 17.1 Å². The van der Waals surface area contributed by atoms with Crippen LogP contribution in [-0.4, -0.2) is 4.98 Å². The van der Waals surface area contributed by atoms with Gasteiger partial charge in [-0.2, -0.15) is 0 Å². The van der Waals surface area contributed by atoms with Crippen molar-refractivity contribution in [2.24, 2.45) is 0 Å². The molecule has 11 aromatic rings. The number of thiophene rings is 2. The minimum atomic E-state index is 1.14. The van der Waals surface area contributed by atoms with Gasteiger partial charge in [0.25, 0.3) is 0 Å². The van der Waals surface area contributed by atoms with Crippen LogP contribution in [0.25, 0.3) is 84.0 Å². The molecular formula is C44H26N2S2. The number of anilines is 3. The first-order valence-corrected chi connectivity index (χ1v) is 17.9. The van der Waals surface area contributed by atoms with Gasteiger partial charge in [-0.3, -0.25) is 0 Å². The van der Waals surface area contributed by atoms with E-state index in [1.165, 1.54) is 84.0 Å². The van der Waals surface area contributed by atoms with Crippen LogP contribution in [-0.2, 0) is 0 Å². The average Bonchev–Trinajstić information content (AvgIpc) is 3.84. The van der Waals surface area contributed by atoms with Crippen molar-refractivity contribution < 1.29 is 0 Å². The van der Waals surface area contributed by atoms with Crippen molar-refractivity contribution in [2.45, 2.75) is 0 Å². The minimum absolute atomic E-state index is 1.14. The standard InChI is InChI=1S/C44H26N2S2/c1-3-9-26(10-4-1)27-17-19-31(20-18-27)46(30-11-5-2-6-12-30)32-21-22-34-36-24-29-16-15-28-23-35-33-13-7-8-14-37(33)47-43(35)41-39(28)40(29)42(45-41)44(36)48-38(34)25-32/h1-25,45H. The molecule has 0 spiro atoms. The first kappa shape index (κ1) is 26.4. The molecule has 1 N–H and O–H groups in total. The quantitative estimate of drug-likeness (QED) is 0.189. The van der Waals surface area contributed by atoms with Crippen LogP contribution in [0.2, 0.25) is 0 Å². The molecule has 0 aliphatic rings. The van der Waals surface area contributed by atoms with E-state index >= 15 is 0 Å². The van der Waals surface area contributed by atoms with E-state index in [1.807, 2.05) is 22.7 Å². The monoisotopic (exact) mass is 646 g/mol. The van der Waals surface area contributed by atoms with Crippen LogP contribution in [0.1, 0.15) is 0 Å². The number of rotatable bonds is 4. The van der Waals surface area contributed by atoms with E-state index < -0.39 is 0 Å². The van der Waals surface area contributed by atoms with Crippen molar-refractivity contribution in [3.8, 4) is 11.1 Å². The fraction of sp³-hybridized carbons (Fsp3) is 0. The third-order valence-electron chi connectivity index (χ3n) is 9.92. The van der Waals surface area contributed by atoms with Gasteiger partial charge in [-0.1, -0.05) is 97.1 Å². The van der Waals surface area contributed by atoms with Crippen molar-refractivity contribution in [3.63, 3.8) is 0 Å². The van der Waals surface area contributed by atoms with Crippen LogP contribution in [0, 0.1) is 0 Å². The summed E-state index contributed by atoms with van der Waals surface area (Å²) in [6, 6.07) is 55.4. The molecular weight excluding hydrogens is 621 g/mol. The molecule has 3 heterocycles. The molecule has 0 bridgehead atoms. The second kappa shape index (κ2) is 9.91. The Morgan fingerprint density at radius 1 is 0.396 bits per heavy atom. The van der Waals surface area contributed by atoms with Gasteiger partial charge in [0.05, 0.1) is 20.4 Å². The molecule has 2 nitrogen and oxygen atoms in total. The van der Waals surface area contributed by atoms with Crippen LogP contribution >= 0.6 is 22.7 Å². The number of aromatic amines is 1. The fourth-order valence-electron chi connectivity index (χ4n) is 7.74. The summed E-state index contributed by atoms with van der Waals surface area (Å²) in [5.41, 5.74) is 8.39. The summed E-state index contributed by atoms with van der Waals surface area (Å²) in [5, 5.41) is 10.6. The molecule has 11 rings (SSSR count). The number of fused-ring (bicyclic) bond motifs is 8. The summed E-state index contributed by atoms with van der Waals surface area (Å²) < 4.78 is 5.30. The average molecular weight is 647 g/mol. The lowest BCUT2D eigenvalue weighted by molar-refractivity contribution is 1.29. The third-order valence-corrected chi connectivity index (χ3v) is 12.3. The van der Waals surface area contributed by atoms with Crippen LogP contribution in [0.15, 0.2) is 152 Å². The summed E-state index contributed by atoms with van der Waals surface area (Å²) in [5.74, 6) is 0. The lowest BCUT2D eigenvalue weighted by Crippen LogP contribution is -2.09. The van der Waals surface area contributed by atoms with E-state index in [4.69, 9.17) is 0 Å². The lowest BCUT2D eigenvalue weighted by Gasteiger charge is -2.25. The Morgan fingerprint density at radius 2 is 0.938 bits per heavy atom. The molecule has 3 aromatic heterocycles. The molecule has 0 saturated heterocycles. The minimum Gasteiger partial charge on any atom is -0.352 e. The highest BCUT2D eigenvalue weighted by atomic mass is 32.1. The number of H-pyrrole nitrogens is 1. The second-order valence-corrected chi connectivity index (χ2v) is 14.7. The zero-order valence-corrected chi connectivity index (χ0v) is 27.3. The van der Waals surface area contributed by atoms with Crippen LogP contribution < -0.4 is 4.90 Å². The molecule has 0 saturated carbocycles. The second-order valence-electron chi connectivity index (χ2n) is 12.6. The normalized spacial score (nSPS) is 12.2. The summed E-state index contributed by atoms with van der Waals surface area (Å²) in [6.45, 7) is 0. The van der Waals surface area contributed by atoms with E-state index in [-0.39, 0.29) is 0 Å². The Hall–Kier alpha value is -5.68. The molecule has 0 unspecified atom stereocenters. The maximum absolute atomic E-state index is 3.99. The summed E-state index contributed by atoms with van der Waals surface area (Å²) >= 11 is 3.80. The maximum Gasteiger partial charge on any atom is 0.0653 e. The highest BCUT2D eigenvalue weighted by Gasteiger charge is 2.21. The molecule has 0 amide bonds. The summed E-state index contributed by atoms with van der Waals surface area (Å²) in [6.07, 6.45) is 0. The molecule has 0 aliphatic carbocycles. The lowest BCUT2D eigenvalue weighted by atomic mass is 9.98. The molecule has 0 atom stereocenters.